The third-order valence-electron chi connectivity index (χ3n) is 2.42. The van der Waals surface area contributed by atoms with Crippen LogP contribution in [-0.4, -0.2) is 38.0 Å². The van der Waals surface area contributed by atoms with Crippen LogP contribution in [0.1, 0.15) is 18.9 Å². The maximum Gasteiger partial charge on any atom is 0.244 e. The van der Waals surface area contributed by atoms with Gasteiger partial charge in [-0.3, -0.25) is 0 Å². The molecule has 0 amide bonds. The summed E-state index contributed by atoms with van der Waals surface area (Å²) >= 11 is 0. The Morgan fingerprint density at radius 1 is 1.33 bits per heavy atom. The zero-order chi connectivity index (χ0) is 13.6. The SMILES string of the molecule is CCCN(C)S(=O)(=O)c1ccccc1C#CCO. The van der Waals surface area contributed by atoms with E-state index in [9.17, 15) is 8.42 Å². The molecule has 0 aromatic heterocycles. The molecule has 0 aliphatic heterocycles. The second-order valence-corrected chi connectivity index (χ2v) is 5.80. The minimum absolute atomic E-state index is 0.182. The molecule has 1 rings (SSSR count). The third kappa shape index (κ3) is 3.33. The molecule has 0 unspecified atom stereocenters. The molecule has 0 bridgehead atoms. The fourth-order valence-corrected chi connectivity index (χ4v) is 2.94. The number of hydrogen-bond acceptors (Lipinski definition) is 3. The molecule has 1 aromatic carbocycles. The highest BCUT2D eigenvalue weighted by molar-refractivity contribution is 7.89. The molecular weight excluding hydrogens is 250 g/mol. The van der Waals surface area contributed by atoms with Gasteiger partial charge in [0.2, 0.25) is 10.0 Å². The Morgan fingerprint density at radius 3 is 2.61 bits per heavy atom. The lowest BCUT2D eigenvalue weighted by Crippen LogP contribution is -2.28. The van der Waals surface area contributed by atoms with Crippen LogP contribution in [0.15, 0.2) is 29.2 Å². The molecule has 0 aliphatic rings. The predicted molar refractivity (Wildman–Crippen MR) is 70.5 cm³/mol. The molecule has 0 fully saturated rings. The quantitative estimate of drug-likeness (QED) is 0.830. The fourth-order valence-electron chi connectivity index (χ4n) is 1.53. The van der Waals surface area contributed by atoms with Gasteiger partial charge in [-0.05, 0) is 18.6 Å². The Balaban J connectivity index is 3.24. The zero-order valence-electron chi connectivity index (χ0n) is 10.5. The van der Waals surface area contributed by atoms with Gasteiger partial charge in [0.05, 0.1) is 4.90 Å². The van der Waals surface area contributed by atoms with Crippen molar-refractivity contribution in [3.8, 4) is 11.8 Å². The topological polar surface area (TPSA) is 57.6 Å². The summed E-state index contributed by atoms with van der Waals surface area (Å²) in [6.07, 6.45) is 0.750. The van der Waals surface area contributed by atoms with Crippen LogP contribution in [-0.2, 0) is 10.0 Å². The van der Waals surface area contributed by atoms with Gasteiger partial charge in [-0.2, -0.15) is 0 Å². The number of rotatable bonds is 4. The van der Waals surface area contributed by atoms with E-state index in [1.807, 2.05) is 6.92 Å². The van der Waals surface area contributed by atoms with E-state index in [0.717, 1.165) is 6.42 Å². The largest absolute Gasteiger partial charge is 0.384 e. The molecule has 0 aliphatic carbocycles. The molecule has 0 saturated heterocycles. The van der Waals surface area contributed by atoms with Crippen molar-refractivity contribution in [1.82, 2.24) is 4.31 Å². The molecule has 1 aromatic rings. The van der Waals surface area contributed by atoms with Crippen molar-refractivity contribution < 1.29 is 13.5 Å². The highest BCUT2D eigenvalue weighted by Crippen LogP contribution is 2.18. The summed E-state index contributed by atoms with van der Waals surface area (Å²) in [6, 6.07) is 6.55. The summed E-state index contributed by atoms with van der Waals surface area (Å²) in [6.45, 7) is 2.09. The van der Waals surface area contributed by atoms with E-state index in [-0.39, 0.29) is 11.5 Å². The van der Waals surface area contributed by atoms with E-state index in [1.165, 1.54) is 10.4 Å². The van der Waals surface area contributed by atoms with Gasteiger partial charge < -0.3 is 5.11 Å². The predicted octanol–water partition coefficient (Wildman–Crippen LogP) is 1.06. The molecular formula is C13H17NO3S. The average Bonchev–Trinajstić information content (AvgIpc) is 2.37. The number of sulfonamides is 1. The van der Waals surface area contributed by atoms with Gasteiger partial charge in [-0.15, -0.1) is 0 Å². The van der Waals surface area contributed by atoms with Crippen LogP contribution in [0, 0.1) is 11.8 Å². The molecule has 0 radical (unpaired) electrons. The minimum Gasteiger partial charge on any atom is -0.384 e. The van der Waals surface area contributed by atoms with E-state index in [2.05, 4.69) is 11.8 Å². The third-order valence-corrected chi connectivity index (χ3v) is 4.33. The van der Waals surface area contributed by atoms with Crippen molar-refractivity contribution in [3.05, 3.63) is 29.8 Å². The monoisotopic (exact) mass is 267 g/mol. The molecule has 5 heteroatoms. The van der Waals surface area contributed by atoms with Gasteiger partial charge in [-0.25, -0.2) is 12.7 Å². The summed E-state index contributed by atoms with van der Waals surface area (Å²) in [5.74, 6) is 5.13. The Kier molecular flexibility index (Phi) is 5.35. The summed E-state index contributed by atoms with van der Waals surface area (Å²) in [5, 5.41) is 8.68. The number of nitrogens with zero attached hydrogens (tertiary/aromatic N) is 1. The average molecular weight is 267 g/mol. The van der Waals surface area contributed by atoms with E-state index < -0.39 is 10.0 Å². The minimum atomic E-state index is -3.51. The first kappa shape index (κ1) is 14.7. The van der Waals surface area contributed by atoms with Gasteiger partial charge in [0.1, 0.15) is 6.61 Å². The Labute approximate surface area is 108 Å². The van der Waals surface area contributed by atoms with Gasteiger partial charge in [0, 0.05) is 19.2 Å². The van der Waals surface area contributed by atoms with Crippen LogP contribution in [0.4, 0.5) is 0 Å². The van der Waals surface area contributed by atoms with Gasteiger partial charge >= 0.3 is 0 Å². The lowest BCUT2D eigenvalue weighted by molar-refractivity contribution is 0.350. The van der Waals surface area contributed by atoms with Crippen molar-refractivity contribution in [1.29, 1.82) is 0 Å². The second-order valence-electron chi connectivity index (χ2n) is 3.78. The smallest absolute Gasteiger partial charge is 0.244 e. The van der Waals surface area contributed by atoms with E-state index in [1.54, 1.807) is 25.2 Å². The van der Waals surface area contributed by atoms with Crippen molar-refractivity contribution in [2.45, 2.75) is 18.2 Å². The lowest BCUT2D eigenvalue weighted by Gasteiger charge is -2.17. The molecule has 98 valence electrons. The van der Waals surface area contributed by atoms with Crippen LogP contribution in [0.25, 0.3) is 0 Å². The number of benzene rings is 1. The maximum absolute atomic E-state index is 12.3. The molecule has 0 atom stereocenters. The molecule has 4 nitrogen and oxygen atoms in total. The summed E-state index contributed by atoms with van der Waals surface area (Å²) in [4.78, 5) is 0.182. The molecule has 0 spiro atoms. The van der Waals surface area contributed by atoms with E-state index in [0.29, 0.717) is 12.1 Å². The summed E-state index contributed by atoms with van der Waals surface area (Å²) in [5.41, 5.74) is 0.412. The Bertz CT molecular complexity index is 555. The summed E-state index contributed by atoms with van der Waals surface area (Å²) in [7, 11) is -1.96. The first-order valence-corrected chi connectivity index (χ1v) is 7.13. The lowest BCUT2D eigenvalue weighted by atomic mass is 10.2. The first-order valence-electron chi connectivity index (χ1n) is 5.69. The molecule has 1 N–H and O–H groups in total. The first-order chi connectivity index (χ1) is 8.54. The molecule has 0 saturated carbocycles. The highest BCUT2D eigenvalue weighted by atomic mass is 32.2. The number of aliphatic hydroxyl groups is 1. The maximum atomic E-state index is 12.3. The second kappa shape index (κ2) is 6.55. The van der Waals surface area contributed by atoms with E-state index in [4.69, 9.17) is 5.11 Å². The number of aliphatic hydroxyl groups excluding tert-OH is 1. The van der Waals surface area contributed by atoms with Crippen molar-refractivity contribution in [3.63, 3.8) is 0 Å². The van der Waals surface area contributed by atoms with Crippen molar-refractivity contribution in [2.24, 2.45) is 0 Å². The van der Waals surface area contributed by atoms with Crippen molar-refractivity contribution in [2.75, 3.05) is 20.2 Å². The van der Waals surface area contributed by atoms with Crippen LogP contribution in [0.3, 0.4) is 0 Å². The van der Waals surface area contributed by atoms with Crippen LogP contribution >= 0.6 is 0 Å². The van der Waals surface area contributed by atoms with Crippen LogP contribution in [0.5, 0.6) is 0 Å². The molecule has 0 heterocycles. The van der Waals surface area contributed by atoms with Gasteiger partial charge in [0.15, 0.2) is 0 Å². The summed E-state index contributed by atoms with van der Waals surface area (Å²) < 4.78 is 25.9. The number of hydrogen-bond donors (Lipinski definition) is 1. The van der Waals surface area contributed by atoms with Gasteiger partial charge in [0.25, 0.3) is 0 Å². The molecule has 18 heavy (non-hydrogen) atoms. The highest BCUT2D eigenvalue weighted by Gasteiger charge is 2.22. The van der Waals surface area contributed by atoms with Crippen molar-refractivity contribution >= 4 is 10.0 Å². The standard InChI is InChI=1S/C13H17NO3S/c1-3-10-14(2)18(16,17)13-9-5-4-7-12(13)8-6-11-15/h4-5,7,9,15H,3,10-11H2,1-2H3. The van der Waals surface area contributed by atoms with E-state index >= 15 is 0 Å². The fraction of sp³-hybridized carbons (Fsp3) is 0.385. The normalized spacial score (nSPS) is 11.1. The Morgan fingerprint density at radius 2 is 2.00 bits per heavy atom. The zero-order valence-corrected chi connectivity index (χ0v) is 11.4. The van der Waals surface area contributed by atoms with Gasteiger partial charge in [-0.1, -0.05) is 30.9 Å². The Hall–Kier alpha value is -1.35. The van der Waals surface area contributed by atoms with Crippen LogP contribution < -0.4 is 0 Å². The van der Waals surface area contributed by atoms with Crippen LogP contribution in [0.2, 0.25) is 0 Å².